The molecule has 7 heteroatoms. The number of nitrogens with one attached hydrogen (secondary N) is 2. The summed E-state index contributed by atoms with van der Waals surface area (Å²) < 4.78 is 0. The molecule has 0 radical (unpaired) electrons. The van der Waals surface area contributed by atoms with Gasteiger partial charge in [0.05, 0.1) is 23.7 Å². The molecule has 0 fully saturated rings. The maximum Gasteiger partial charge on any atom is 0.230 e. The molecule has 0 aliphatic carbocycles. The van der Waals surface area contributed by atoms with Gasteiger partial charge in [-0.25, -0.2) is 4.98 Å². The fraction of sp³-hybridized carbons (Fsp3) is 0.312. The van der Waals surface area contributed by atoms with E-state index in [1.807, 2.05) is 29.6 Å². The Labute approximate surface area is 143 Å². The van der Waals surface area contributed by atoms with E-state index in [1.165, 1.54) is 18.7 Å². The predicted octanol–water partition coefficient (Wildman–Crippen LogP) is 3.07. The largest absolute Gasteiger partial charge is 0.349 e. The number of anilines is 1. The first-order valence-corrected chi connectivity index (χ1v) is 9.14. The van der Waals surface area contributed by atoms with Crippen molar-refractivity contribution in [1.29, 1.82) is 0 Å². The molecule has 5 nitrogen and oxygen atoms in total. The zero-order valence-electron chi connectivity index (χ0n) is 13.1. The Morgan fingerprint density at radius 1 is 1.30 bits per heavy atom. The molecule has 0 saturated heterocycles. The molecule has 0 atom stereocenters. The van der Waals surface area contributed by atoms with Crippen LogP contribution in [0.25, 0.3) is 0 Å². The van der Waals surface area contributed by atoms with Gasteiger partial charge in [-0.15, -0.1) is 23.1 Å². The number of para-hydroxylation sites is 1. The maximum atomic E-state index is 12.0. The number of thioether (sulfide) groups is 1. The molecule has 1 aromatic carbocycles. The van der Waals surface area contributed by atoms with Gasteiger partial charge in [0.15, 0.2) is 0 Å². The first-order valence-electron chi connectivity index (χ1n) is 7.28. The number of nitrogens with zero attached hydrogens (tertiary/aromatic N) is 1. The zero-order valence-corrected chi connectivity index (χ0v) is 14.7. The van der Waals surface area contributed by atoms with Crippen molar-refractivity contribution in [1.82, 2.24) is 10.3 Å². The van der Waals surface area contributed by atoms with Crippen molar-refractivity contribution < 1.29 is 9.59 Å². The summed E-state index contributed by atoms with van der Waals surface area (Å²) in [7, 11) is 0. The molecule has 1 aromatic heterocycles. The molecule has 0 saturated carbocycles. The number of hydrogen-bond donors (Lipinski definition) is 2. The zero-order chi connectivity index (χ0) is 16.7. The number of carbonyl (C=O) groups is 2. The van der Waals surface area contributed by atoms with E-state index in [0.29, 0.717) is 12.3 Å². The van der Waals surface area contributed by atoms with E-state index in [1.54, 1.807) is 11.3 Å². The van der Waals surface area contributed by atoms with E-state index in [-0.39, 0.29) is 11.8 Å². The van der Waals surface area contributed by atoms with Gasteiger partial charge in [0, 0.05) is 17.2 Å². The van der Waals surface area contributed by atoms with Gasteiger partial charge in [-0.2, -0.15) is 0 Å². The summed E-state index contributed by atoms with van der Waals surface area (Å²) >= 11 is 2.96. The van der Waals surface area contributed by atoms with Crippen molar-refractivity contribution in [2.24, 2.45) is 0 Å². The number of thiazole rings is 1. The Balaban J connectivity index is 1.83. The smallest absolute Gasteiger partial charge is 0.230 e. The van der Waals surface area contributed by atoms with Gasteiger partial charge in [0.25, 0.3) is 0 Å². The molecule has 2 amide bonds. The topological polar surface area (TPSA) is 71.1 Å². The Morgan fingerprint density at radius 3 is 2.78 bits per heavy atom. The molecule has 0 aliphatic heterocycles. The number of carbonyl (C=O) groups excluding carboxylic acids is 2. The van der Waals surface area contributed by atoms with Crippen molar-refractivity contribution in [2.75, 3.05) is 11.1 Å². The van der Waals surface area contributed by atoms with E-state index in [0.717, 1.165) is 27.7 Å². The van der Waals surface area contributed by atoms with Crippen LogP contribution in [0.3, 0.4) is 0 Å². The van der Waals surface area contributed by atoms with Crippen LogP contribution in [0.5, 0.6) is 0 Å². The van der Waals surface area contributed by atoms with Crippen molar-refractivity contribution in [2.45, 2.75) is 31.7 Å². The summed E-state index contributed by atoms with van der Waals surface area (Å²) in [5.41, 5.74) is 1.78. The third kappa shape index (κ3) is 5.69. The van der Waals surface area contributed by atoms with Crippen LogP contribution in [-0.2, 0) is 22.6 Å². The highest BCUT2D eigenvalue weighted by molar-refractivity contribution is 8.00. The van der Waals surface area contributed by atoms with Gasteiger partial charge >= 0.3 is 0 Å². The number of amides is 2. The Kier molecular flexibility index (Phi) is 6.61. The second-order valence-electron chi connectivity index (χ2n) is 4.83. The number of hydrogen-bond acceptors (Lipinski definition) is 5. The minimum Gasteiger partial charge on any atom is -0.349 e. The molecule has 0 aliphatic rings. The fourth-order valence-corrected chi connectivity index (χ4v) is 3.50. The van der Waals surface area contributed by atoms with Crippen LogP contribution in [0.4, 0.5) is 5.69 Å². The lowest BCUT2D eigenvalue weighted by Crippen LogP contribution is -2.24. The third-order valence-electron chi connectivity index (χ3n) is 2.95. The van der Waals surface area contributed by atoms with Gasteiger partial charge < -0.3 is 10.6 Å². The molecular weight excluding hydrogens is 330 g/mol. The molecular formula is C16H19N3O2S2. The molecule has 0 spiro atoms. The summed E-state index contributed by atoms with van der Waals surface area (Å²) in [5.74, 6) is 0.113. The van der Waals surface area contributed by atoms with Crippen molar-refractivity contribution in [3.63, 3.8) is 0 Å². The molecule has 2 rings (SSSR count). The van der Waals surface area contributed by atoms with Crippen LogP contribution in [0.15, 0.2) is 34.5 Å². The molecule has 122 valence electrons. The summed E-state index contributed by atoms with van der Waals surface area (Å²) in [6.07, 6.45) is 0.903. The SMILES string of the molecule is CCc1csc(CNC(=O)CSc2ccccc2NC(C)=O)n1. The Hall–Kier alpha value is -1.86. The van der Waals surface area contributed by atoms with E-state index in [9.17, 15) is 9.59 Å². The van der Waals surface area contributed by atoms with Crippen molar-refractivity contribution in [3.8, 4) is 0 Å². The highest BCUT2D eigenvalue weighted by Gasteiger charge is 2.08. The van der Waals surface area contributed by atoms with E-state index < -0.39 is 0 Å². The number of aryl methyl sites for hydroxylation is 1. The van der Waals surface area contributed by atoms with Crippen molar-refractivity contribution >= 4 is 40.6 Å². The number of rotatable bonds is 7. The van der Waals surface area contributed by atoms with Gasteiger partial charge in [-0.3, -0.25) is 9.59 Å². The van der Waals surface area contributed by atoms with Crippen molar-refractivity contribution in [3.05, 3.63) is 40.3 Å². The molecule has 2 N–H and O–H groups in total. The average molecular weight is 349 g/mol. The van der Waals surface area contributed by atoms with Crippen LogP contribution in [0.1, 0.15) is 24.5 Å². The van der Waals surface area contributed by atoms with E-state index >= 15 is 0 Å². The van der Waals surface area contributed by atoms with Gasteiger partial charge in [0.2, 0.25) is 11.8 Å². The predicted molar refractivity (Wildman–Crippen MR) is 94.8 cm³/mol. The Bertz CT molecular complexity index is 685. The standard InChI is InChI=1S/C16H19N3O2S2/c1-3-12-9-23-16(19-12)8-17-15(21)10-22-14-7-5-4-6-13(14)18-11(2)20/h4-7,9H,3,8,10H2,1-2H3,(H,17,21)(H,18,20). The number of aromatic nitrogens is 1. The lowest BCUT2D eigenvalue weighted by atomic mass is 10.3. The minimum absolute atomic E-state index is 0.0547. The summed E-state index contributed by atoms with van der Waals surface area (Å²) in [6.45, 7) is 3.98. The molecule has 2 aromatic rings. The lowest BCUT2D eigenvalue weighted by molar-refractivity contribution is -0.118. The van der Waals surface area contributed by atoms with Gasteiger partial charge in [0.1, 0.15) is 5.01 Å². The summed E-state index contributed by atoms with van der Waals surface area (Å²) in [5, 5.41) is 8.56. The second-order valence-corrected chi connectivity index (χ2v) is 6.79. The summed E-state index contributed by atoms with van der Waals surface area (Å²) in [6, 6.07) is 7.44. The molecule has 0 bridgehead atoms. The van der Waals surface area contributed by atoms with Crippen LogP contribution in [-0.4, -0.2) is 22.6 Å². The van der Waals surface area contributed by atoms with Crippen LogP contribution in [0, 0.1) is 0 Å². The van der Waals surface area contributed by atoms with Gasteiger partial charge in [-0.05, 0) is 18.6 Å². The van der Waals surface area contributed by atoms with Crippen LogP contribution < -0.4 is 10.6 Å². The second kappa shape index (κ2) is 8.69. The molecule has 23 heavy (non-hydrogen) atoms. The van der Waals surface area contributed by atoms with Crippen LogP contribution in [0.2, 0.25) is 0 Å². The maximum absolute atomic E-state index is 12.0. The average Bonchev–Trinajstić information content (AvgIpc) is 2.99. The number of benzene rings is 1. The van der Waals surface area contributed by atoms with E-state index in [2.05, 4.69) is 22.5 Å². The van der Waals surface area contributed by atoms with Gasteiger partial charge in [-0.1, -0.05) is 19.1 Å². The highest BCUT2D eigenvalue weighted by Crippen LogP contribution is 2.26. The minimum atomic E-state index is -0.127. The lowest BCUT2D eigenvalue weighted by Gasteiger charge is -2.09. The summed E-state index contributed by atoms with van der Waals surface area (Å²) in [4.78, 5) is 28.4. The third-order valence-corrected chi connectivity index (χ3v) is 4.93. The fourth-order valence-electron chi connectivity index (χ4n) is 1.85. The highest BCUT2D eigenvalue weighted by atomic mass is 32.2. The Morgan fingerprint density at radius 2 is 2.09 bits per heavy atom. The van der Waals surface area contributed by atoms with E-state index in [4.69, 9.17) is 0 Å². The van der Waals surface area contributed by atoms with Crippen LogP contribution >= 0.6 is 23.1 Å². The first kappa shape index (κ1) is 17.5. The monoisotopic (exact) mass is 349 g/mol. The first-order chi connectivity index (χ1) is 11.1. The molecule has 1 heterocycles. The normalized spacial score (nSPS) is 10.3. The quantitative estimate of drug-likeness (QED) is 0.754. The molecule has 0 unspecified atom stereocenters.